The molecule has 0 atom stereocenters. The number of ether oxygens (including phenoxy) is 2. The molecule has 1 aromatic heterocycles. The van der Waals surface area contributed by atoms with Crippen LogP contribution in [0.15, 0.2) is 24.3 Å². The first-order chi connectivity index (χ1) is 8.15. The van der Waals surface area contributed by atoms with Gasteiger partial charge in [0.25, 0.3) is 0 Å². The number of hydrogen-bond acceptors (Lipinski definition) is 4. The Morgan fingerprint density at radius 3 is 2.59 bits per heavy atom. The molecule has 1 heterocycles. The zero-order valence-corrected chi connectivity index (χ0v) is 9.43. The van der Waals surface area contributed by atoms with Crippen LogP contribution in [0.4, 0.5) is 0 Å². The smallest absolute Gasteiger partial charge is 0.354 e. The molecule has 0 unspecified atom stereocenters. The molecule has 17 heavy (non-hydrogen) atoms. The summed E-state index contributed by atoms with van der Waals surface area (Å²) >= 11 is 0. The molecule has 88 valence electrons. The van der Waals surface area contributed by atoms with Gasteiger partial charge in [0, 0.05) is 5.39 Å². The Morgan fingerprint density at radius 1 is 1.24 bits per heavy atom. The average Bonchev–Trinajstić information content (AvgIpc) is 2.36. The maximum absolute atomic E-state index is 10.9. The normalized spacial score (nSPS) is 10.2. The van der Waals surface area contributed by atoms with Crippen molar-refractivity contribution in [2.75, 3.05) is 14.2 Å². The van der Waals surface area contributed by atoms with Crippen molar-refractivity contribution < 1.29 is 19.4 Å². The van der Waals surface area contributed by atoms with E-state index in [-0.39, 0.29) is 11.6 Å². The summed E-state index contributed by atoms with van der Waals surface area (Å²) in [6.07, 6.45) is 0. The lowest BCUT2D eigenvalue weighted by Gasteiger charge is -2.07. The Labute approximate surface area is 97.6 Å². The summed E-state index contributed by atoms with van der Waals surface area (Å²) in [7, 11) is 3.01. The summed E-state index contributed by atoms with van der Waals surface area (Å²) in [6.45, 7) is 0. The highest BCUT2D eigenvalue weighted by Gasteiger charge is 2.11. The van der Waals surface area contributed by atoms with E-state index in [9.17, 15) is 4.79 Å². The molecule has 1 N–H and O–H groups in total. The van der Waals surface area contributed by atoms with E-state index in [1.807, 2.05) is 0 Å². The van der Waals surface area contributed by atoms with Crippen molar-refractivity contribution in [3.05, 3.63) is 30.0 Å². The number of pyridine rings is 1. The molecule has 0 amide bonds. The number of carbonyl (C=O) groups is 1. The quantitative estimate of drug-likeness (QED) is 0.877. The molecule has 0 aliphatic carbocycles. The molecule has 0 aliphatic heterocycles. The number of carboxylic acids is 1. The number of methoxy groups -OCH3 is 2. The molecule has 0 bridgehead atoms. The van der Waals surface area contributed by atoms with Crippen molar-refractivity contribution in [1.82, 2.24) is 4.98 Å². The number of aromatic nitrogens is 1. The van der Waals surface area contributed by atoms with E-state index in [1.54, 1.807) is 25.3 Å². The van der Waals surface area contributed by atoms with E-state index in [0.29, 0.717) is 5.75 Å². The van der Waals surface area contributed by atoms with Gasteiger partial charge in [0.15, 0.2) is 5.69 Å². The van der Waals surface area contributed by atoms with Crippen LogP contribution in [0, 0.1) is 0 Å². The van der Waals surface area contributed by atoms with Gasteiger partial charge in [0.1, 0.15) is 5.75 Å². The third-order valence-electron chi connectivity index (χ3n) is 2.42. The van der Waals surface area contributed by atoms with E-state index in [0.717, 1.165) is 10.8 Å². The molecule has 0 saturated carbocycles. The van der Waals surface area contributed by atoms with Crippen LogP contribution < -0.4 is 9.47 Å². The second kappa shape index (κ2) is 4.29. The number of hydrogen-bond donors (Lipinski definition) is 1. The molecule has 0 fully saturated rings. The minimum Gasteiger partial charge on any atom is -0.497 e. The fourth-order valence-corrected chi connectivity index (χ4v) is 1.59. The van der Waals surface area contributed by atoms with Crippen LogP contribution in [0.25, 0.3) is 10.8 Å². The standard InChI is InChI=1S/C12H11NO4/c1-16-8-4-3-7-5-10(12(14)15)13-11(17-2)9(7)6-8/h3-6H,1-2H3,(H,14,15). The zero-order valence-electron chi connectivity index (χ0n) is 9.43. The van der Waals surface area contributed by atoms with Crippen LogP contribution in [0.2, 0.25) is 0 Å². The first-order valence-electron chi connectivity index (χ1n) is 4.92. The van der Waals surface area contributed by atoms with Gasteiger partial charge in [-0.05, 0) is 23.6 Å². The molecule has 1 aromatic carbocycles. The minimum atomic E-state index is -1.08. The lowest BCUT2D eigenvalue weighted by molar-refractivity contribution is 0.0690. The Morgan fingerprint density at radius 2 is 2.00 bits per heavy atom. The molecule has 2 aromatic rings. The van der Waals surface area contributed by atoms with Crippen molar-refractivity contribution in [1.29, 1.82) is 0 Å². The summed E-state index contributed by atoms with van der Waals surface area (Å²) in [5.74, 6) is -0.138. The molecular weight excluding hydrogens is 222 g/mol. The second-order valence-corrected chi connectivity index (χ2v) is 3.41. The molecule has 5 heteroatoms. The van der Waals surface area contributed by atoms with Gasteiger partial charge < -0.3 is 14.6 Å². The van der Waals surface area contributed by atoms with E-state index in [2.05, 4.69) is 4.98 Å². The Hall–Kier alpha value is -2.30. The van der Waals surface area contributed by atoms with E-state index >= 15 is 0 Å². The van der Waals surface area contributed by atoms with Gasteiger partial charge in [-0.1, -0.05) is 6.07 Å². The third-order valence-corrected chi connectivity index (χ3v) is 2.42. The summed E-state index contributed by atoms with van der Waals surface area (Å²) in [6, 6.07) is 6.78. The van der Waals surface area contributed by atoms with Gasteiger partial charge in [-0.15, -0.1) is 0 Å². The summed E-state index contributed by atoms with van der Waals surface area (Å²) in [5, 5.41) is 10.4. The topological polar surface area (TPSA) is 68.7 Å². The highest BCUT2D eigenvalue weighted by Crippen LogP contribution is 2.28. The van der Waals surface area contributed by atoms with Crippen LogP contribution in [-0.2, 0) is 0 Å². The largest absolute Gasteiger partial charge is 0.497 e. The average molecular weight is 233 g/mol. The van der Waals surface area contributed by atoms with E-state index in [4.69, 9.17) is 14.6 Å². The van der Waals surface area contributed by atoms with Gasteiger partial charge in [0.05, 0.1) is 14.2 Å². The number of rotatable bonds is 3. The predicted octanol–water partition coefficient (Wildman–Crippen LogP) is 1.95. The first kappa shape index (κ1) is 11.2. The fourth-order valence-electron chi connectivity index (χ4n) is 1.59. The molecular formula is C12H11NO4. The maximum atomic E-state index is 10.9. The Kier molecular flexibility index (Phi) is 2.82. The predicted molar refractivity (Wildman–Crippen MR) is 61.8 cm³/mol. The highest BCUT2D eigenvalue weighted by atomic mass is 16.5. The molecule has 0 saturated heterocycles. The summed E-state index contributed by atoms with van der Waals surface area (Å²) < 4.78 is 10.2. The number of aromatic carboxylic acids is 1. The van der Waals surface area contributed by atoms with Crippen molar-refractivity contribution >= 4 is 16.7 Å². The highest BCUT2D eigenvalue weighted by molar-refractivity contribution is 5.95. The van der Waals surface area contributed by atoms with Gasteiger partial charge in [-0.25, -0.2) is 9.78 Å². The molecule has 0 radical (unpaired) electrons. The van der Waals surface area contributed by atoms with Gasteiger partial charge in [-0.2, -0.15) is 0 Å². The fraction of sp³-hybridized carbons (Fsp3) is 0.167. The van der Waals surface area contributed by atoms with Crippen LogP contribution in [0.1, 0.15) is 10.5 Å². The summed E-state index contributed by atoms with van der Waals surface area (Å²) in [4.78, 5) is 14.8. The molecule has 2 rings (SSSR count). The lowest BCUT2D eigenvalue weighted by Crippen LogP contribution is -2.02. The van der Waals surface area contributed by atoms with Crippen LogP contribution >= 0.6 is 0 Å². The minimum absolute atomic E-state index is 0.0421. The monoisotopic (exact) mass is 233 g/mol. The summed E-state index contributed by atoms with van der Waals surface area (Å²) in [5.41, 5.74) is -0.0421. The Balaban J connectivity index is 2.72. The van der Waals surface area contributed by atoms with Crippen LogP contribution in [0.5, 0.6) is 11.6 Å². The zero-order chi connectivity index (χ0) is 12.4. The molecule has 5 nitrogen and oxygen atoms in total. The van der Waals surface area contributed by atoms with Crippen LogP contribution in [-0.4, -0.2) is 30.3 Å². The number of benzene rings is 1. The van der Waals surface area contributed by atoms with Crippen molar-refractivity contribution in [3.63, 3.8) is 0 Å². The van der Waals surface area contributed by atoms with Crippen LogP contribution in [0.3, 0.4) is 0 Å². The number of nitrogens with zero attached hydrogens (tertiary/aromatic N) is 1. The van der Waals surface area contributed by atoms with Crippen molar-refractivity contribution in [2.24, 2.45) is 0 Å². The lowest BCUT2D eigenvalue weighted by atomic mass is 10.1. The second-order valence-electron chi connectivity index (χ2n) is 3.41. The third kappa shape index (κ3) is 1.99. The van der Waals surface area contributed by atoms with E-state index < -0.39 is 5.97 Å². The van der Waals surface area contributed by atoms with Gasteiger partial charge in [-0.3, -0.25) is 0 Å². The Bertz CT molecular complexity index is 580. The maximum Gasteiger partial charge on any atom is 0.354 e. The molecule has 0 spiro atoms. The van der Waals surface area contributed by atoms with Crippen molar-refractivity contribution in [3.8, 4) is 11.6 Å². The van der Waals surface area contributed by atoms with E-state index in [1.165, 1.54) is 13.2 Å². The SMILES string of the molecule is COc1ccc2cc(C(=O)O)nc(OC)c2c1. The van der Waals surface area contributed by atoms with Gasteiger partial charge in [0.2, 0.25) is 5.88 Å². The first-order valence-corrected chi connectivity index (χ1v) is 4.92. The number of fused-ring (bicyclic) bond motifs is 1. The van der Waals surface area contributed by atoms with Gasteiger partial charge >= 0.3 is 5.97 Å². The van der Waals surface area contributed by atoms with Crippen molar-refractivity contribution in [2.45, 2.75) is 0 Å². The number of carboxylic acid groups (broad SMARTS) is 1. The molecule has 0 aliphatic rings.